The van der Waals surface area contributed by atoms with Gasteiger partial charge in [0.1, 0.15) is 6.04 Å². The molecule has 1 unspecified atom stereocenters. The van der Waals surface area contributed by atoms with Crippen molar-refractivity contribution >= 4 is 34.8 Å². The van der Waals surface area contributed by atoms with E-state index in [1.165, 1.54) is 9.80 Å². The van der Waals surface area contributed by atoms with Crippen molar-refractivity contribution in [3.63, 3.8) is 0 Å². The highest BCUT2D eigenvalue weighted by Crippen LogP contribution is 2.26. The first-order chi connectivity index (χ1) is 15.4. The molecule has 3 amide bonds. The highest BCUT2D eigenvalue weighted by molar-refractivity contribution is 6.13. The largest absolute Gasteiger partial charge is 0.324 e. The maximum absolute atomic E-state index is 13.3. The lowest BCUT2D eigenvalue weighted by atomic mass is 10.1. The number of nitrogens with one attached hydrogen (secondary N) is 1. The second-order valence-electron chi connectivity index (χ2n) is 7.22. The zero-order valence-electron chi connectivity index (χ0n) is 18.1. The first kappa shape index (κ1) is 22.7. The van der Waals surface area contributed by atoms with E-state index in [1.807, 2.05) is 36.4 Å². The Balaban J connectivity index is 1.95. The van der Waals surface area contributed by atoms with Gasteiger partial charge in [0, 0.05) is 18.4 Å². The van der Waals surface area contributed by atoms with Crippen molar-refractivity contribution in [2.45, 2.75) is 13.0 Å². The van der Waals surface area contributed by atoms with Gasteiger partial charge in [-0.2, -0.15) is 0 Å². The molecule has 0 radical (unpaired) electrons. The lowest BCUT2D eigenvalue weighted by Gasteiger charge is -2.30. The maximum Gasteiger partial charge on any atom is 0.260 e. The Labute approximate surface area is 187 Å². The molecule has 0 aliphatic carbocycles. The molecule has 164 valence electrons. The van der Waals surface area contributed by atoms with Crippen molar-refractivity contribution in [1.29, 1.82) is 0 Å². The molecule has 3 aromatic rings. The van der Waals surface area contributed by atoms with Gasteiger partial charge < -0.3 is 16.0 Å². The average molecular weight is 431 g/mol. The van der Waals surface area contributed by atoms with E-state index in [0.717, 1.165) is 0 Å². The minimum absolute atomic E-state index is 0.292. The lowest BCUT2D eigenvalue weighted by Crippen LogP contribution is -2.49. The highest BCUT2D eigenvalue weighted by Gasteiger charge is 2.30. The zero-order chi connectivity index (χ0) is 23.1. The van der Waals surface area contributed by atoms with Gasteiger partial charge in [0.15, 0.2) is 0 Å². The predicted molar refractivity (Wildman–Crippen MR) is 127 cm³/mol. The van der Waals surface area contributed by atoms with Gasteiger partial charge in [0.25, 0.3) is 5.91 Å². The van der Waals surface area contributed by atoms with Crippen LogP contribution in [0.2, 0.25) is 0 Å². The summed E-state index contributed by atoms with van der Waals surface area (Å²) in [5.74, 6) is -1.17. The molecular weight excluding hydrogens is 404 g/mol. The van der Waals surface area contributed by atoms with Crippen LogP contribution in [0.3, 0.4) is 0 Å². The van der Waals surface area contributed by atoms with Crippen molar-refractivity contribution in [2.24, 2.45) is 5.73 Å². The summed E-state index contributed by atoms with van der Waals surface area (Å²) in [4.78, 5) is 41.9. The van der Waals surface area contributed by atoms with Crippen LogP contribution in [0.4, 0.5) is 17.1 Å². The van der Waals surface area contributed by atoms with Crippen molar-refractivity contribution in [2.75, 3.05) is 28.7 Å². The zero-order valence-corrected chi connectivity index (χ0v) is 18.1. The molecule has 1 atom stereocenters. The van der Waals surface area contributed by atoms with Gasteiger partial charge >= 0.3 is 0 Å². The number of anilines is 3. The third kappa shape index (κ3) is 5.01. The van der Waals surface area contributed by atoms with Crippen molar-refractivity contribution < 1.29 is 14.4 Å². The fraction of sp³-hybridized carbons (Fsp3) is 0.160. The van der Waals surface area contributed by atoms with Crippen LogP contribution >= 0.6 is 0 Å². The Morgan fingerprint density at radius 2 is 1.44 bits per heavy atom. The Bertz CT molecular complexity index is 1090. The number of hydrogen-bond acceptors (Lipinski definition) is 4. The molecule has 32 heavy (non-hydrogen) atoms. The predicted octanol–water partition coefficient (Wildman–Crippen LogP) is 3.28. The standard InChI is InChI=1S/C25H26N4O3/c1-18(24(31)27-19-11-5-3-6-12-19)29(23(30)17-26)22-16-10-9-15-21(22)25(32)28(2)20-13-7-4-8-14-20/h3-16,18H,17,26H2,1-2H3,(H,27,31). The summed E-state index contributed by atoms with van der Waals surface area (Å²) < 4.78 is 0. The molecule has 0 aliphatic rings. The number of amides is 3. The summed E-state index contributed by atoms with van der Waals surface area (Å²) >= 11 is 0. The van der Waals surface area contributed by atoms with E-state index in [9.17, 15) is 14.4 Å². The third-order valence-electron chi connectivity index (χ3n) is 5.09. The second-order valence-corrected chi connectivity index (χ2v) is 7.22. The Hall–Kier alpha value is -3.97. The quantitative estimate of drug-likeness (QED) is 0.601. The summed E-state index contributed by atoms with van der Waals surface area (Å²) in [5.41, 5.74) is 7.59. The van der Waals surface area contributed by atoms with Gasteiger partial charge in [-0.3, -0.25) is 19.3 Å². The number of benzene rings is 3. The van der Waals surface area contributed by atoms with Crippen molar-refractivity contribution in [1.82, 2.24) is 0 Å². The normalized spacial score (nSPS) is 11.3. The smallest absolute Gasteiger partial charge is 0.260 e. The summed E-state index contributed by atoms with van der Waals surface area (Å²) in [7, 11) is 1.66. The molecule has 3 N–H and O–H groups in total. The van der Waals surface area contributed by atoms with Crippen LogP contribution in [0.25, 0.3) is 0 Å². The monoisotopic (exact) mass is 430 g/mol. The fourth-order valence-electron chi connectivity index (χ4n) is 3.36. The van der Waals surface area contributed by atoms with E-state index in [4.69, 9.17) is 5.73 Å². The highest BCUT2D eigenvalue weighted by atomic mass is 16.2. The molecule has 0 aliphatic heterocycles. The summed E-state index contributed by atoms with van der Waals surface area (Å²) in [6, 6.07) is 23.9. The van der Waals surface area contributed by atoms with E-state index < -0.39 is 17.9 Å². The van der Waals surface area contributed by atoms with Gasteiger partial charge in [-0.1, -0.05) is 48.5 Å². The van der Waals surface area contributed by atoms with E-state index in [2.05, 4.69) is 5.32 Å². The molecule has 0 heterocycles. The molecule has 0 spiro atoms. The number of carbonyl (C=O) groups excluding carboxylic acids is 3. The minimum Gasteiger partial charge on any atom is -0.324 e. The summed E-state index contributed by atoms with van der Waals surface area (Å²) in [6.45, 7) is 1.30. The fourth-order valence-corrected chi connectivity index (χ4v) is 3.36. The number of nitrogens with two attached hydrogens (primary N) is 1. The van der Waals surface area contributed by atoms with Gasteiger partial charge in [-0.25, -0.2) is 0 Å². The Kier molecular flexibility index (Phi) is 7.36. The lowest BCUT2D eigenvalue weighted by molar-refractivity contribution is -0.122. The molecule has 3 rings (SSSR count). The van der Waals surface area contributed by atoms with E-state index in [-0.39, 0.29) is 12.5 Å². The molecule has 3 aromatic carbocycles. The van der Waals surface area contributed by atoms with Crippen LogP contribution < -0.4 is 20.9 Å². The number of rotatable bonds is 7. The van der Waals surface area contributed by atoms with Crippen LogP contribution in [-0.4, -0.2) is 37.4 Å². The number of nitrogens with zero attached hydrogens (tertiary/aromatic N) is 2. The van der Waals surface area contributed by atoms with E-state index in [1.54, 1.807) is 62.5 Å². The number of para-hydroxylation sites is 3. The summed E-state index contributed by atoms with van der Waals surface area (Å²) in [6.07, 6.45) is 0. The van der Waals surface area contributed by atoms with Crippen LogP contribution in [0, 0.1) is 0 Å². The molecule has 7 heteroatoms. The van der Waals surface area contributed by atoms with Crippen molar-refractivity contribution in [3.8, 4) is 0 Å². The van der Waals surface area contributed by atoms with Gasteiger partial charge in [0.05, 0.1) is 17.8 Å². The number of hydrogen-bond donors (Lipinski definition) is 2. The van der Waals surface area contributed by atoms with E-state index >= 15 is 0 Å². The second kappa shape index (κ2) is 10.4. The van der Waals surface area contributed by atoms with Gasteiger partial charge in [0.2, 0.25) is 11.8 Å². The first-order valence-corrected chi connectivity index (χ1v) is 10.2. The third-order valence-corrected chi connectivity index (χ3v) is 5.09. The van der Waals surface area contributed by atoms with Gasteiger partial charge in [-0.15, -0.1) is 0 Å². The van der Waals surface area contributed by atoms with E-state index in [0.29, 0.717) is 22.6 Å². The molecule has 0 fully saturated rings. The van der Waals surface area contributed by atoms with Gasteiger partial charge in [-0.05, 0) is 43.3 Å². The SMILES string of the molecule is CC(C(=O)Nc1ccccc1)N(C(=O)CN)c1ccccc1C(=O)N(C)c1ccccc1. The van der Waals surface area contributed by atoms with Crippen LogP contribution in [0.5, 0.6) is 0 Å². The van der Waals surface area contributed by atoms with Crippen LogP contribution in [0.15, 0.2) is 84.9 Å². The minimum atomic E-state index is -0.901. The molecule has 0 bridgehead atoms. The maximum atomic E-state index is 13.3. The first-order valence-electron chi connectivity index (χ1n) is 10.2. The van der Waals surface area contributed by atoms with Crippen molar-refractivity contribution in [3.05, 3.63) is 90.5 Å². The average Bonchev–Trinajstić information content (AvgIpc) is 2.84. The summed E-state index contributed by atoms with van der Waals surface area (Å²) in [5, 5.41) is 2.80. The molecular formula is C25H26N4O3. The topological polar surface area (TPSA) is 95.7 Å². The molecule has 0 aromatic heterocycles. The number of carbonyl (C=O) groups is 3. The molecule has 7 nitrogen and oxygen atoms in total. The Morgan fingerprint density at radius 1 is 0.875 bits per heavy atom. The molecule has 0 saturated carbocycles. The Morgan fingerprint density at radius 3 is 2.06 bits per heavy atom. The molecule has 0 saturated heterocycles. The van der Waals surface area contributed by atoms with Crippen LogP contribution in [-0.2, 0) is 9.59 Å². The van der Waals surface area contributed by atoms with Crippen LogP contribution in [0.1, 0.15) is 17.3 Å².